The first-order valence-electron chi connectivity index (χ1n) is 6.83. The summed E-state index contributed by atoms with van der Waals surface area (Å²) < 4.78 is 0. The van der Waals surface area contributed by atoms with Crippen LogP contribution in [0.3, 0.4) is 0 Å². The zero-order valence-electron chi connectivity index (χ0n) is 12.6. The van der Waals surface area contributed by atoms with Crippen molar-refractivity contribution in [2.24, 2.45) is 0 Å². The molecule has 1 atom stereocenters. The zero-order valence-corrected chi connectivity index (χ0v) is 12.6. The second kappa shape index (κ2) is 6.66. The van der Waals surface area contributed by atoms with Crippen LogP contribution in [0.2, 0.25) is 0 Å². The molecule has 20 heavy (non-hydrogen) atoms. The standard InChI is InChI=1S/C16H23NO3/c1-11(18)9-10-17-15(20)14(19)12-5-7-13(8-6-12)16(2,3)4/h5-8,11,18H,9-10H2,1-4H3,(H,17,20). The fraction of sp³-hybridized carbons (Fsp3) is 0.500. The number of benzene rings is 1. The van der Waals surface area contributed by atoms with Crippen LogP contribution in [0, 0.1) is 0 Å². The predicted octanol–water partition coefficient (Wildman–Crippen LogP) is 2.05. The van der Waals surface area contributed by atoms with Gasteiger partial charge < -0.3 is 10.4 Å². The molecule has 0 radical (unpaired) electrons. The molecule has 4 heteroatoms. The Balaban J connectivity index is 2.66. The molecule has 110 valence electrons. The molecule has 1 amide bonds. The Bertz CT molecular complexity index is 469. The normalized spacial score (nSPS) is 12.8. The van der Waals surface area contributed by atoms with E-state index >= 15 is 0 Å². The van der Waals surface area contributed by atoms with E-state index in [0.29, 0.717) is 18.5 Å². The van der Waals surface area contributed by atoms with Crippen LogP contribution in [0.25, 0.3) is 0 Å². The molecule has 1 aromatic rings. The van der Waals surface area contributed by atoms with Gasteiger partial charge in [-0.25, -0.2) is 0 Å². The first-order valence-corrected chi connectivity index (χ1v) is 6.83. The quantitative estimate of drug-likeness (QED) is 0.639. The molecule has 2 N–H and O–H groups in total. The number of carbonyl (C=O) groups is 2. The highest BCUT2D eigenvalue weighted by Crippen LogP contribution is 2.22. The fourth-order valence-electron chi connectivity index (χ4n) is 1.73. The van der Waals surface area contributed by atoms with Crippen LogP contribution in [-0.4, -0.2) is 29.4 Å². The molecule has 0 aliphatic rings. The van der Waals surface area contributed by atoms with Gasteiger partial charge in [-0.3, -0.25) is 9.59 Å². The second-order valence-corrected chi connectivity index (χ2v) is 6.05. The van der Waals surface area contributed by atoms with Crippen molar-refractivity contribution < 1.29 is 14.7 Å². The van der Waals surface area contributed by atoms with E-state index in [1.54, 1.807) is 19.1 Å². The Labute approximate surface area is 120 Å². The molecule has 0 aromatic heterocycles. The van der Waals surface area contributed by atoms with Crippen LogP contribution in [0.4, 0.5) is 0 Å². The molecule has 0 bridgehead atoms. The Morgan fingerprint density at radius 2 is 1.75 bits per heavy atom. The van der Waals surface area contributed by atoms with Gasteiger partial charge in [-0.2, -0.15) is 0 Å². The van der Waals surface area contributed by atoms with Crippen LogP contribution in [0.1, 0.15) is 50.0 Å². The Hall–Kier alpha value is -1.68. The number of aliphatic hydroxyl groups is 1. The minimum absolute atomic E-state index is 0.0150. The van der Waals surface area contributed by atoms with E-state index in [2.05, 4.69) is 26.1 Å². The third-order valence-corrected chi connectivity index (χ3v) is 3.07. The summed E-state index contributed by atoms with van der Waals surface area (Å²) in [6.45, 7) is 8.20. The maximum absolute atomic E-state index is 11.9. The molecule has 1 unspecified atom stereocenters. The topological polar surface area (TPSA) is 66.4 Å². The van der Waals surface area contributed by atoms with Gasteiger partial charge in [0.2, 0.25) is 5.78 Å². The SMILES string of the molecule is CC(O)CCNC(=O)C(=O)c1ccc(C(C)(C)C)cc1. The van der Waals surface area contributed by atoms with Gasteiger partial charge in [-0.05, 0) is 24.3 Å². The molecule has 1 aromatic carbocycles. The number of Topliss-reactive ketones (excluding diaryl/α,β-unsaturated/α-hetero) is 1. The summed E-state index contributed by atoms with van der Waals surface area (Å²) in [5.74, 6) is -1.18. The van der Waals surface area contributed by atoms with Gasteiger partial charge in [0.15, 0.2) is 0 Å². The summed E-state index contributed by atoms with van der Waals surface area (Å²) in [6, 6.07) is 7.10. The fourth-order valence-corrected chi connectivity index (χ4v) is 1.73. The third kappa shape index (κ3) is 4.78. The van der Waals surface area contributed by atoms with E-state index in [-0.39, 0.29) is 5.41 Å². The van der Waals surface area contributed by atoms with Gasteiger partial charge in [-0.1, -0.05) is 45.0 Å². The predicted molar refractivity (Wildman–Crippen MR) is 78.8 cm³/mol. The molecular weight excluding hydrogens is 254 g/mol. The lowest BCUT2D eigenvalue weighted by molar-refractivity contribution is -0.117. The van der Waals surface area contributed by atoms with E-state index in [1.165, 1.54) is 0 Å². The first kappa shape index (κ1) is 16.4. The average molecular weight is 277 g/mol. The summed E-state index contributed by atoms with van der Waals surface area (Å²) in [4.78, 5) is 23.6. The van der Waals surface area contributed by atoms with Crippen molar-refractivity contribution in [3.63, 3.8) is 0 Å². The highest BCUT2D eigenvalue weighted by Gasteiger charge is 2.18. The van der Waals surface area contributed by atoms with Gasteiger partial charge in [-0.15, -0.1) is 0 Å². The van der Waals surface area contributed by atoms with Gasteiger partial charge in [0.25, 0.3) is 5.91 Å². The molecule has 4 nitrogen and oxygen atoms in total. The van der Waals surface area contributed by atoms with Crippen LogP contribution < -0.4 is 5.32 Å². The number of amides is 1. The van der Waals surface area contributed by atoms with Crippen molar-refractivity contribution in [3.8, 4) is 0 Å². The largest absolute Gasteiger partial charge is 0.393 e. The lowest BCUT2D eigenvalue weighted by Gasteiger charge is -2.18. The van der Waals surface area contributed by atoms with Crippen molar-refractivity contribution in [1.29, 1.82) is 0 Å². The van der Waals surface area contributed by atoms with E-state index in [4.69, 9.17) is 5.11 Å². The Morgan fingerprint density at radius 3 is 2.20 bits per heavy atom. The smallest absolute Gasteiger partial charge is 0.292 e. The lowest BCUT2D eigenvalue weighted by atomic mass is 9.86. The van der Waals surface area contributed by atoms with Gasteiger partial charge >= 0.3 is 0 Å². The highest BCUT2D eigenvalue weighted by atomic mass is 16.3. The number of aliphatic hydroxyl groups excluding tert-OH is 1. The van der Waals surface area contributed by atoms with Gasteiger partial charge in [0, 0.05) is 12.1 Å². The van der Waals surface area contributed by atoms with Gasteiger partial charge in [0.1, 0.15) is 0 Å². The summed E-state index contributed by atoms with van der Waals surface area (Å²) in [5.41, 5.74) is 1.51. The second-order valence-electron chi connectivity index (χ2n) is 6.05. The molecule has 0 spiro atoms. The van der Waals surface area contributed by atoms with Crippen LogP contribution >= 0.6 is 0 Å². The van der Waals surface area contributed by atoms with Gasteiger partial charge in [0.05, 0.1) is 6.10 Å². The summed E-state index contributed by atoms with van der Waals surface area (Å²) in [6.07, 6.45) is -0.0569. The molecular formula is C16H23NO3. The number of hydrogen-bond acceptors (Lipinski definition) is 3. The molecule has 0 saturated carbocycles. The minimum atomic E-state index is -0.630. The molecule has 0 aliphatic heterocycles. The summed E-state index contributed by atoms with van der Waals surface area (Å²) in [5, 5.41) is 11.6. The van der Waals surface area contributed by atoms with E-state index in [1.807, 2.05) is 12.1 Å². The van der Waals surface area contributed by atoms with Crippen LogP contribution in [0.15, 0.2) is 24.3 Å². The Morgan fingerprint density at radius 1 is 1.20 bits per heavy atom. The van der Waals surface area contributed by atoms with Crippen molar-refractivity contribution in [3.05, 3.63) is 35.4 Å². The van der Waals surface area contributed by atoms with Crippen molar-refractivity contribution in [2.75, 3.05) is 6.54 Å². The van der Waals surface area contributed by atoms with Crippen molar-refractivity contribution in [1.82, 2.24) is 5.32 Å². The van der Waals surface area contributed by atoms with Crippen LogP contribution in [-0.2, 0) is 10.2 Å². The summed E-state index contributed by atoms with van der Waals surface area (Å²) in [7, 11) is 0. The number of hydrogen-bond donors (Lipinski definition) is 2. The maximum atomic E-state index is 11.9. The van der Waals surface area contributed by atoms with Crippen molar-refractivity contribution >= 4 is 11.7 Å². The average Bonchev–Trinajstić information content (AvgIpc) is 2.36. The number of carbonyl (C=O) groups excluding carboxylic acids is 2. The third-order valence-electron chi connectivity index (χ3n) is 3.07. The van der Waals surface area contributed by atoms with Crippen LogP contribution in [0.5, 0.6) is 0 Å². The molecule has 0 heterocycles. The number of nitrogens with one attached hydrogen (secondary N) is 1. The molecule has 0 aliphatic carbocycles. The minimum Gasteiger partial charge on any atom is -0.393 e. The van der Waals surface area contributed by atoms with Crippen molar-refractivity contribution in [2.45, 2.75) is 45.6 Å². The van der Waals surface area contributed by atoms with E-state index in [0.717, 1.165) is 5.56 Å². The van der Waals surface area contributed by atoms with E-state index < -0.39 is 17.8 Å². The Kier molecular flexibility index (Phi) is 5.45. The number of ketones is 1. The maximum Gasteiger partial charge on any atom is 0.292 e. The summed E-state index contributed by atoms with van der Waals surface area (Å²) >= 11 is 0. The number of rotatable bonds is 5. The highest BCUT2D eigenvalue weighted by molar-refractivity contribution is 6.42. The lowest BCUT2D eigenvalue weighted by Crippen LogP contribution is -2.33. The zero-order chi connectivity index (χ0) is 15.3. The molecule has 0 fully saturated rings. The molecule has 0 saturated heterocycles. The first-order chi connectivity index (χ1) is 9.21. The van der Waals surface area contributed by atoms with E-state index in [9.17, 15) is 9.59 Å². The molecule has 1 rings (SSSR count). The monoisotopic (exact) mass is 277 g/mol.